The SMILES string of the molecule is CCOC(=O)/C=C/CC[C@H](NC(C)=O)C(=O)Cc1cccn(CC(=O)CCCC(CC)CC)c1=O. The molecule has 1 heterocycles. The summed E-state index contributed by atoms with van der Waals surface area (Å²) in [5, 5.41) is 2.62. The largest absolute Gasteiger partial charge is 0.463 e. The van der Waals surface area contributed by atoms with Crippen molar-refractivity contribution in [1.29, 1.82) is 0 Å². The molecule has 0 saturated heterocycles. The second-order valence-corrected chi connectivity index (χ2v) is 8.71. The molecule has 0 fully saturated rings. The van der Waals surface area contributed by atoms with Gasteiger partial charge in [0.05, 0.1) is 19.2 Å². The van der Waals surface area contributed by atoms with E-state index in [1.165, 1.54) is 17.6 Å². The number of allylic oxidation sites excluding steroid dienone is 1. The van der Waals surface area contributed by atoms with Gasteiger partial charge in [-0.2, -0.15) is 0 Å². The molecule has 0 aliphatic heterocycles. The molecule has 8 nitrogen and oxygen atoms in total. The van der Waals surface area contributed by atoms with Crippen LogP contribution in [0.4, 0.5) is 0 Å². The van der Waals surface area contributed by atoms with Crippen LogP contribution in [-0.4, -0.2) is 40.7 Å². The van der Waals surface area contributed by atoms with Gasteiger partial charge in [0.15, 0.2) is 11.6 Å². The fourth-order valence-corrected chi connectivity index (χ4v) is 3.90. The standard InChI is InChI=1S/C27H40N2O6/c1-5-21(6-2)12-10-14-23(31)19-29-17-11-13-22(27(29)34)18-25(32)24(28-20(4)30)15-8-9-16-26(33)35-7-3/h9,11,13,16-17,21,24H,5-8,10,12,14-15,18-19H2,1-4H3,(H,28,30)/b16-9+/t24-/m0/s1. The predicted octanol–water partition coefficient (Wildman–Crippen LogP) is 3.54. The molecule has 1 N–H and O–H groups in total. The minimum absolute atomic E-state index is 0.00829. The highest BCUT2D eigenvalue weighted by Gasteiger charge is 2.21. The van der Waals surface area contributed by atoms with E-state index in [1.54, 1.807) is 31.3 Å². The van der Waals surface area contributed by atoms with E-state index in [2.05, 4.69) is 19.2 Å². The van der Waals surface area contributed by atoms with Crippen LogP contribution in [0.25, 0.3) is 0 Å². The Morgan fingerprint density at radius 3 is 2.46 bits per heavy atom. The van der Waals surface area contributed by atoms with Crippen LogP contribution in [0.5, 0.6) is 0 Å². The number of ether oxygens (including phenoxy) is 1. The second-order valence-electron chi connectivity index (χ2n) is 8.71. The molecule has 0 spiro atoms. The van der Waals surface area contributed by atoms with E-state index in [-0.39, 0.29) is 54.6 Å². The number of ketones is 2. The molecule has 1 rings (SSSR count). The maximum atomic E-state index is 12.9. The summed E-state index contributed by atoms with van der Waals surface area (Å²) >= 11 is 0. The highest BCUT2D eigenvalue weighted by molar-refractivity contribution is 5.90. The summed E-state index contributed by atoms with van der Waals surface area (Å²) in [5.41, 5.74) is -0.0993. The molecule has 0 radical (unpaired) electrons. The van der Waals surface area contributed by atoms with E-state index in [0.717, 1.165) is 25.7 Å². The molecule has 1 aromatic rings. The van der Waals surface area contributed by atoms with Crippen molar-refractivity contribution in [2.24, 2.45) is 5.92 Å². The number of carbonyl (C=O) groups excluding carboxylic acids is 4. The first-order valence-corrected chi connectivity index (χ1v) is 12.5. The number of nitrogens with one attached hydrogen (secondary N) is 1. The fourth-order valence-electron chi connectivity index (χ4n) is 3.90. The first-order valence-electron chi connectivity index (χ1n) is 12.5. The van der Waals surface area contributed by atoms with Gasteiger partial charge in [0.1, 0.15) is 0 Å². The zero-order valence-electron chi connectivity index (χ0n) is 21.5. The van der Waals surface area contributed by atoms with E-state index < -0.39 is 12.0 Å². The molecule has 0 saturated carbocycles. The lowest BCUT2D eigenvalue weighted by molar-refractivity contribution is -0.137. The molecule has 35 heavy (non-hydrogen) atoms. The third kappa shape index (κ3) is 11.8. The summed E-state index contributed by atoms with van der Waals surface area (Å²) in [5.74, 6) is -0.522. The summed E-state index contributed by atoms with van der Waals surface area (Å²) in [4.78, 5) is 61.1. The Kier molecular flexibility index (Phi) is 14.2. The Morgan fingerprint density at radius 1 is 1.11 bits per heavy atom. The van der Waals surface area contributed by atoms with Crippen LogP contribution >= 0.6 is 0 Å². The van der Waals surface area contributed by atoms with Crippen molar-refractivity contribution in [2.45, 2.75) is 91.6 Å². The molecule has 0 unspecified atom stereocenters. The molecule has 0 bridgehead atoms. The summed E-state index contributed by atoms with van der Waals surface area (Å²) in [7, 11) is 0. The topological polar surface area (TPSA) is 112 Å². The molecule has 194 valence electrons. The molecule has 1 aromatic heterocycles. The third-order valence-electron chi connectivity index (χ3n) is 5.96. The zero-order valence-corrected chi connectivity index (χ0v) is 21.5. The molecule has 8 heteroatoms. The van der Waals surface area contributed by atoms with Crippen LogP contribution in [0, 0.1) is 5.92 Å². The van der Waals surface area contributed by atoms with Gasteiger partial charge in [-0.3, -0.25) is 19.2 Å². The minimum Gasteiger partial charge on any atom is -0.463 e. The molecule has 1 amide bonds. The third-order valence-corrected chi connectivity index (χ3v) is 5.96. The lowest BCUT2D eigenvalue weighted by Crippen LogP contribution is -2.41. The van der Waals surface area contributed by atoms with Gasteiger partial charge in [-0.25, -0.2) is 4.79 Å². The van der Waals surface area contributed by atoms with Crippen molar-refractivity contribution in [3.8, 4) is 0 Å². The van der Waals surface area contributed by atoms with Crippen LogP contribution in [-0.2, 0) is 36.9 Å². The van der Waals surface area contributed by atoms with Gasteiger partial charge >= 0.3 is 5.97 Å². The number of aromatic nitrogens is 1. The summed E-state index contributed by atoms with van der Waals surface area (Å²) in [6.45, 7) is 7.59. The molecule has 0 aliphatic carbocycles. The van der Waals surface area contributed by atoms with E-state index in [4.69, 9.17) is 4.74 Å². The number of esters is 1. The maximum Gasteiger partial charge on any atom is 0.330 e. The second kappa shape index (κ2) is 16.6. The first kappa shape index (κ1) is 30.0. The average molecular weight is 489 g/mol. The Hall–Kier alpha value is -3.03. The number of pyridine rings is 1. The van der Waals surface area contributed by atoms with E-state index in [9.17, 15) is 24.0 Å². The van der Waals surface area contributed by atoms with Crippen molar-refractivity contribution in [2.75, 3.05) is 6.61 Å². The van der Waals surface area contributed by atoms with Gasteiger partial charge in [-0.05, 0) is 38.2 Å². The van der Waals surface area contributed by atoms with Crippen molar-refractivity contribution in [3.63, 3.8) is 0 Å². The Morgan fingerprint density at radius 2 is 1.83 bits per heavy atom. The number of amides is 1. The Balaban J connectivity index is 2.77. The van der Waals surface area contributed by atoms with Crippen molar-refractivity contribution in [3.05, 3.63) is 46.4 Å². The van der Waals surface area contributed by atoms with Crippen molar-refractivity contribution >= 4 is 23.4 Å². The molecular weight excluding hydrogens is 448 g/mol. The number of hydrogen-bond donors (Lipinski definition) is 1. The lowest BCUT2D eigenvalue weighted by atomic mass is 9.96. The van der Waals surface area contributed by atoms with Gasteiger partial charge in [-0.1, -0.05) is 45.3 Å². The van der Waals surface area contributed by atoms with Crippen LogP contribution in [0.15, 0.2) is 35.3 Å². The van der Waals surface area contributed by atoms with Gasteiger partial charge in [0.2, 0.25) is 5.91 Å². The maximum absolute atomic E-state index is 12.9. The summed E-state index contributed by atoms with van der Waals surface area (Å²) in [6, 6.07) is 2.43. The van der Waals surface area contributed by atoms with Crippen LogP contribution in [0.2, 0.25) is 0 Å². The summed E-state index contributed by atoms with van der Waals surface area (Å²) in [6.07, 6.45) is 9.36. The van der Waals surface area contributed by atoms with Gasteiger partial charge < -0.3 is 14.6 Å². The van der Waals surface area contributed by atoms with Crippen molar-refractivity contribution < 1.29 is 23.9 Å². The van der Waals surface area contributed by atoms with Gasteiger partial charge in [0, 0.05) is 37.6 Å². The quantitative estimate of drug-likeness (QED) is 0.265. The first-order chi connectivity index (χ1) is 16.7. The number of Topliss-reactive ketones (excluding diaryl/α,β-unsaturated/α-hetero) is 2. The van der Waals surface area contributed by atoms with E-state index >= 15 is 0 Å². The zero-order chi connectivity index (χ0) is 26.2. The van der Waals surface area contributed by atoms with Crippen LogP contribution in [0.3, 0.4) is 0 Å². The minimum atomic E-state index is -0.792. The Bertz CT molecular complexity index is 930. The van der Waals surface area contributed by atoms with Crippen LogP contribution in [0.1, 0.15) is 78.2 Å². The number of hydrogen-bond acceptors (Lipinski definition) is 6. The smallest absolute Gasteiger partial charge is 0.330 e. The summed E-state index contributed by atoms with van der Waals surface area (Å²) < 4.78 is 6.16. The number of carbonyl (C=O) groups is 4. The van der Waals surface area contributed by atoms with Gasteiger partial charge in [0.25, 0.3) is 5.56 Å². The predicted molar refractivity (Wildman–Crippen MR) is 135 cm³/mol. The Labute approximate surface area is 208 Å². The highest BCUT2D eigenvalue weighted by Crippen LogP contribution is 2.16. The monoisotopic (exact) mass is 488 g/mol. The lowest BCUT2D eigenvalue weighted by Gasteiger charge is -2.16. The molecular formula is C27H40N2O6. The molecule has 1 atom stereocenters. The number of rotatable bonds is 17. The molecule has 0 aromatic carbocycles. The molecule has 0 aliphatic rings. The van der Waals surface area contributed by atoms with Crippen molar-refractivity contribution in [1.82, 2.24) is 9.88 Å². The number of nitrogens with zero attached hydrogens (tertiary/aromatic N) is 1. The van der Waals surface area contributed by atoms with E-state index in [1.807, 2.05) is 0 Å². The van der Waals surface area contributed by atoms with E-state index in [0.29, 0.717) is 18.8 Å². The fraction of sp³-hybridized carbons (Fsp3) is 0.593. The van der Waals surface area contributed by atoms with Crippen LogP contribution < -0.4 is 10.9 Å². The normalized spacial score (nSPS) is 12.0. The van der Waals surface area contributed by atoms with Gasteiger partial charge in [-0.15, -0.1) is 0 Å². The average Bonchev–Trinajstić information content (AvgIpc) is 2.81. The highest BCUT2D eigenvalue weighted by atomic mass is 16.5.